The zero-order valence-corrected chi connectivity index (χ0v) is 18.0. The van der Waals surface area contributed by atoms with Crippen molar-refractivity contribution in [2.24, 2.45) is 0 Å². The van der Waals surface area contributed by atoms with Crippen LogP contribution in [0.3, 0.4) is 0 Å². The number of rotatable bonds is 9. The zero-order chi connectivity index (χ0) is 23.1. The van der Waals surface area contributed by atoms with Crippen molar-refractivity contribution in [2.45, 2.75) is 31.5 Å². The first-order valence-electron chi connectivity index (χ1n) is 9.71. The van der Waals surface area contributed by atoms with Gasteiger partial charge in [-0.1, -0.05) is 48.5 Å². The molecule has 6 nitrogen and oxygen atoms in total. The Kier molecular flexibility index (Phi) is 7.55. The van der Waals surface area contributed by atoms with Crippen LogP contribution in [0.5, 0.6) is 5.75 Å². The van der Waals surface area contributed by atoms with E-state index in [1.165, 1.54) is 30.3 Å². The van der Waals surface area contributed by atoms with Gasteiger partial charge in [0.15, 0.2) is 0 Å². The molecular weight excluding hydrogens is 438 g/mol. The first kappa shape index (κ1) is 23.4. The second-order valence-corrected chi connectivity index (χ2v) is 8.73. The van der Waals surface area contributed by atoms with Crippen LogP contribution in [0.2, 0.25) is 0 Å². The average Bonchev–Trinajstić information content (AvgIpc) is 2.77. The van der Waals surface area contributed by atoms with Gasteiger partial charge in [0.1, 0.15) is 5.75 Å². The minimum atomic E-state index is -3.85. The Bertz CT molecular complexity index is 1190. The normalized spacial score (nSPS) is 11.4. The standard InChI is InChI=1S/C23H22F2N2O4S/c1-16-10-11-19(13-21(16)32(29,30)27-15-17-6-3-2-4-7-17)22(28)26-14-18-8-5-9-20(12-18)31-23(24)25/h2-13,23,27H,14-15H2,1H3,(H,26,28). The lowest BCUT2D eigenvalue weighted by molar-refractivity contribution is -0.0498. The molecule has 0 saturated heterocycles. The molecule has 0 aliphatic heterocycles. The maximum atomic E-state index is 12.8. The van der Waals surface area contributed by atoms with Crippen LogP contribution in [-0.2, 0) is 23.1 Å². The molecule has 2 N–H and O–H groups in total. The molecule has 1 amide bonds. The van der Waals surface area contributed by atoms with Crippen LogP contribution in [-0.4, -0.2) is 20.9 Å². The number of carbonyl (C=O) groups is 1. The van der Waals surface area contributed by atoms with E-state index < -0.39 is 22.5 Å². The molecule has 3 aromatic rings. The Hall–Kier alpha value is -3.30. The number of nitrogens with one attached hydrogen (secondary N) is 2. The van der Waals surface area contributed by atoms with Gasteiger partial charge in [0.2, 0.25) is 10.0 Å². The van der Waals surface area contributed by atoms with Crippen LogP contribution in [0, 0.1) is 6.92 Å². The summed E-state index contributed by atoms with van der Waals surface area (Å²) in [5.41, 5.74) is 2.02. The Morgan fingerprint density at radius 2 is 1.66 bits per heavy atom. The summed E-state index contributed by atoms with van der Waals surface area (Å²) >= 11 is 0. The fraction of sp³-hybridized carbons (Fsp3) is 0.174. The molecule has 9 heteroatoms. The lowest BCUT2D eigenvalue weighted by Gasteiger charge is -2.12. The third kappa shape index (κ3) is 6.35. The monoisotopic (exact) mass is 460 g/mol. The Balaban J connectivity index is 1.70. The van der Waals surface area contributed by atoms with Crippen LogP contribution in [0.1, 0.15) is 27.0 Å². The summed E-state index contributed by atoms with van der Waals surface area (Å²) in [6.07, 6.45) is 0. The van der Waals surface area contributed by atoms with Gasteiger partial charge in [0.25, 0.3) is 5.91 Å². The number of carbonyl (C=O) groups excluding carboxylic acids is 1. The highest BCUT2D eigenvalue weighted by atomic mass is 32.2. The van der Waals surface area contributed by atoms with Gasteiger partial charge in [0, 0.05) is 18.7 Å². The highest BCUT2D eigenvalue weighted by Gasteiger charge is 2.19. The van der Waals surface area contributed by atoms with Gasteiger partial charge >= 0.3 is 6.61 Å². The van der Waals surface area contributed by atoms with E-state index >= 15 is 0 Å². The molecular formula is C23H22F2N2O4S. The van der Waals surface area contributed by atoms with Gasteiger partial charge in [-0.25, -0.2) is 13.1 Å². The predicted octanol–water partition coefficient (Wildman–Crippen LogP) is 4.00. The summed E-state index contributed by atoms with van der Waals surface area (Å²) in [4.78, 5) is 12.6. The number of sulfonamides is 1. The van der Waals surface area contributed by atoms with E-state index in [9.17, 15) is 22.0 Å². The molecule has 0 bridgehead atoms. The highest BCUT2D eigenvalue weighted by Crippen LogP contribution is 2.19. The van der Waals surface area contributed by atoms with Crippen molar-refractivity contribution < 1.29 is 26.7 Å². The summed E-state index contributed by atoms with van der Waals surface area (Å²) in [5, 5.41) is 2.65. The molecule has 0 aliphatic carbocycles. The lowest BCUT2D eigenvalue weighted by atomic mass is 10.1. The van der Waals surface area contributed by atoms with Crippen LogP contribution in [0.15, 0.2) is 77.7 Å². The van der Waals surface area contributed by atoms with Crippen molar-refractivity contribution in [2.75, 3.05) is 0 Å². The Morgan fingerprint density at radius 3 is 2.38 bits per heavy atom. The van der Waals surface area contributed by atoms with E-state index in [1.54, 1.807) is 31.2 Å². The van der Waals surface area contributed by atoms with Gasteiger partial charge in [-0.2, -0.15) is 8.78 Å². The maximum Gasteiger partial charge on any atom is 0.387 e. The molecule has 0 saturated carbocycles. The number of hydrogen-bond acceptors (Lipinski definition) is 4. The smallest absolute Gasteiger partial charge is 0.387 e. The summed E-state index contributed by atoms with van der Waals surface area (Å²) < 4.78 is 57.2. The fourth-order valence-electron chi connectivity index (χ4n) is 3.00. The molecule has 0 atom stereocenters. The lowest BCUT2D eigenvalue weighted by Crippen LogP contribution is -2.26. The predicted molar refractivity (Wildman–Crippen MR) is 116 cm³/mol. The van der Waals surface area contributed by atoms with Crippen molar-refractivity contribution in [3.63, 3.8) is 0 Å². The van der Waals surface area contributed by atoms with Gasteiger partial charge in [-0.05, 0) is 47.9 Å². The highest BCUT2D eigenvalue weighted by molar-refractivity contribution is 7.89. The van der Waals surface area contributed by atoms with Crippen LogP contribution < -0.4 is 14.8 Å². The van der Waals surface area contributed by atoms with Gasteiger partial charge < -0.3 is 10.1 Å². The second kappa shape index (κ2) is 10.3. The van der Waals surface area contributed by atoms with Crippen molar-refractivity contribution in [3.8, 4) is 5.75 Å². The molecule has 0 aromatic heterocycles. The van der Waals surface area contributed by atoms with Crippen molar-refractivity contribution in [3.05, 3.63) is 95.1 Å². The zero-order valence-electron chi connectivity index (χ0n) is 17.2. The molecule has 0 spiro atoms. The second-order valence-electron chi connectivity index (χ2n) is 7.00. The molecule has 3 rings (SSSR count). The van der Waals surface area contributed by atoms with E-state index in [0.29, 0.717) is 11.1 Å². The van der Waals surface area contributed by atoms with E-state index in [0.717, 1.165) is 5.56 Å². The molecule has 0 unspecified atom stereocenters. The van der Waals surface area contributed by atoms with Crippen LogP contribution >= 0.6 is 0 Å². The summed E-state index contributed by atoms with van der Waals surface area (Å²) in [7, 11) is -3.85. The topological polar surface area (TPSA) is 84.5 Å². The SMILES string of the molecule is Cc1ccc(C(=O)NCc2cccc(OC(F)F)c2)cc1S(=O)(=O)NCc1ccccc1. The number of amides is 1. The first-order valence-corrected chi connectivity index (χ1v) is 11.2. The molecule has 0 heterocycles. The van der Waals surface area contributed by atoms with Gasteiger partial charge in [0.05, 0.1) is 4.90 Å². The molecule has 3 aromatic carbocycles. The number of halogens is 2. The number of hydrogen-bond donors (Lipinski definition) is 2. The molecule has 32 heavy (non-hydrogen) atoms. The van der Waals surface area contributed by atoms with E-state index in [-0.39, 0.29) is 29.3 Å². The number of alkyl halides is 2. The van der Waals surface area contributed by atoms with Gasteiger partial charge in [-0.15, -0.1) is 0 Å². The molecule has 168 valence electrons. The number of aryl methyl sites for hydroxylation is 1. The van der Waals surface area contributed by atoms with E-state index in [2.05, 4.69) is 14.8 Å². The Morgan fingerprint density at radius 1 is 0.938 bits per heavy atom. The third-order valence-electron chi connectivity index (χ3n) is 4.63. The number of benzene rings is 3. The summed E-state index contributed by atoms with van der Waals surface area (Å²) in [5.74, 6) is -0.510. The van der Waals surface area contributed by atoms with Crippen molar-refractivity contribution >= 4 is 15.9 Å². The largest absolute Gasteiger partial charge is 0.435 e. The quantitative estimate of drug-likeness (QED) is 0.506. The maximum absolute atomic E-state index is 12.8. The molecule has 0 radical (unpaired) electrons. The van der Waals surface area contributed by atoms with Crippen LogP contribution in [0.25, 0.3) is 0 Å². The van der Waals surface area contributed by atoms with Crippen molar-refractivity contribution in [1.82, 2.24) is 10.0 Å². The first-order chi connectivity index (χ1) is 15.2. The minimum absolute atomic E-state index is 0.00779. The molecule has 0 aliphatic rings. The summed E-state index contributed by atoms with van der Waals surface area (Å²) in [6.45, 7) is -1.12. The minimum Gasteiger partial charge on any atom is -0.435 e. The van der Waals surface area contributed by atoms with E-state index in [1.807, 2.05) is 18.2 Å². The third-order valence-corrected chi connectivity index (χ3v) is 6.17. The summed E-state index contributed by atoms with van der Waals surface area (Å²) in [6, 6.07) is 19.4. The van der Waals surface area contributed by atoms with Crippen LogP contribution in [0.4, 0.5) is 8.78 Å². The van der Waals surface area contributed by atoms with E-state index in [4.69, 9.17) is 0 Å². The number of ether oxygens (including phenoxy) is 1. The Labute approximate surface area is 185 Å². The fourth-order valence-corrected chi connectivity index (χ4v) is 4.29. The average molecular weight is 461 g/mol. The van der Waals surface area contributed by atoms with Crippen molar-refractivity contribution in [1.29, 1.82) is 0 Å². The molecule has 0 fully saturated rings. The van der Waals surface area contributed by atoms with Gasteiger partial charge in [-0.3, -0.25) is 4.79 Å².